The number of rotatable bonds is 9. The number of benzene rings is 3. The Morgan fingerprint density at radius 1 is 1.00 bits per heavy atom. The van der Waals surface area contributed by atoms with Crippen molar-refractivity contribution in [1.29, 1.82) is 0 Å². The Labute approximate surface area is 207 Å². The van der Waals surface area contributed by atoms with E-state index < -0.39 is 10.0 Å². The average molecular weight is 494 g/mol. The fourth-order valence-electron chi connectivity index (χ4n) is 3.34. The van der Waals surface area contributed by atoms with Gasteiger partial charge in [-0.15, -0.1) is 0 Å². The Balaban J connectivity index is 1.64. The molecular formula is C27H31N3O4S. The third-order valence-electron chi connectivity index (χ3n) is 5.35. The van der Waals surface area contributed by atoms with Crippen molar-refractivity contribution in [2.24, 2.45) is 5.10 Å². The minimum Gasteiger partial charge on any atom is -0.491 e. The summed E-state index contributed by atoms with van der Waals surface area (Å²) in [6.07, 6.45) is 2.84. The van der Waals surface area contributed by atoms with Crippen LogP contribution in [0.4, 0.5) is 5.69 Å². The molecule has 0 spiro atoms. The fraction of sp³-hybridized carbons (Fsp3) is 0.259. The number of carbonyl (C=O) groups is 1. The van der Waals surface area contributed by atoms with E-state index in [0.717, 1.165) is 28.0 Å². The Bertz CT molecular complexity index is 1300. The molecule has 7 nitrogen and oxygen atoms in total. The van der Waals surface area contributed by atoms with E-state index in [4.69, 9.17) is 4.74 Å². The molecule has 35 heavy (non-hydrogen) atoms. The minimum atomic E-state index is -3.49. The third kappa shape index (κ3) is 7.42. The Morgan fingerprint density at radius 3 is 2.23 bits per heavy atom. The van der Waals surface area contributed by atoms with Crippen molar-refractivity contribution in [3.8, 4) is 5.75 Å². The van der Waals surface area contributed by atoms with Crippen LogP contribution in [0.25, 0.3) is 0 Å². The lowest BCUT2D eigenvalue weighted by molar-refractivity contribution is 0.0955. The van der Waals surface area contributed by atoms with Crippen molar-refractivity contribution in [3.05, 3.63) is 94.5 Å². The van der Waals surface area contributed by atoms with Crippen LogP contribution in [0.2, 0.25) is 0 Å². The monoisotopic (exact) mass is 493 g/mol. The first-order chi connectivity index (χ1) is 16.5. The number of nitrogens with one attached hydrogen (secondary N) is 1. The Kier molecular flexibility index (Phi) is 8.30. The van der Waals surface area contributed by atoms with Crippen LogP contribution in [-0.2, 0) is 16.6 Å². The van der Waals surface area contributed by atoms with E-state index in [1.54, 1.807) is 36.5 Å². The number of hydrazone groups is 1. The number of aryl methyl sites for hydroxylation is 2. The maximum absolute atomic E-state index is 12.4. The molecule has 0 aliphatic carbocycles. The van der Waals surface area contributed by atoms with Gasteiger partial charge in [0.25, 0.3) is 5.91 Å². The molecule has 0 aliphatic heterocycles. The van der Waals surface area contributed by atoms with E-state index in [-0.39, 0.29) is 18.6 Å². The zero-order chi connectivity index (χ0) is 25.6. The van der Waals surface area contributed by atoms with E-state index in [1.165, 1.54) is 10.6 Å². The number of hydrogen-bond acceptors (Lipinski definition) is 5. The van der Waals surface area contributed by atoms with Crippen LogP contribution in [0.5, 0.6) is 5.75 Å². The van der Waals surface area contributed by atoms with Gasteiger partial charge in [-0.1, -0.05) is 18.2 Å². The number of hydrogen-bond donors (Lipinski definition) is 1. The highest BCUT2D eigenvalue weighted by molar-refractivity contribution is 7.92. The average Bonchev–Trinajstić information content (AvgIpc) is 2.80. The minimum absolute atomic E-state index is 0.0986. The quantitative estimate of drug-likeness (QED) is 0.342. The van der Waals surface area contributed by atoms with Gasteiger partial charge in [0.15, 0.2) is 0 Å². The molecule has 3 rings (SSSR count). The van der Waals surface area contributed by atoms with E-state index in [0.29, 0.717) is 11.3 Å². The Hall–Kier alpha value is -3.65. The van der Waals surface area contributed by atoms with Gasteiger partial charge in [-0.3, -0.25) is 9.10 Å². The molecule has 184 valence electrons. The molecule has 0 saturated carbocycles. The number of anilines is 1. The zero-order valence-electron chi connectivity index (χ0n) is 20.6. The molecule has 0 aromatic heterocycles. The van der Waals surface area contributed by atoms with Crippen molar-refractivity contribution < 1.29 is 17.9 Å². The zero-order valence-corrected chi connectivity index (χ0v) is 21.5. The summed E-state index contributed by atoms with van der Waals surface area (Å²) in [6, 6.07) is 19.8. The number of nitrogens with zero attached hydrogens (tertiary/aromatic N) is 2. The molecule has 3 aromatic carbocycles. The molecule has 1 N–H and O–H groups in total. The van der Waals surface area contributed by atoms with Crippen molar-refractivity contribution in [2.75, 3.05) is 10.6 Å². The molecule has 0 heterocycles. The summed E-state index contributed by atoms with van der Waals surface area (Å²) in [4.78, 5) is 12.4. The molecule has 0 aliphatic rings. The van der Waals surface area contributed by atoms with Gasteiger partial charge >= 0.3 is 0 Å². The maximum Gasteiger partial charge on any atom is 0.271 e. The SMILES string of the molecule is Cc1ccc(N(Cc2ccc(C(=O)N/N=C\c3ccc(OC(C)C)cc3)cc2)S(C)(=O)=O)cc1C. The van der Waals surface area contributed by atoms with Crippen LogP contribution >= 0.6 is 0 Å². The molecule has 0 atom stereocenters. The second-order valence-electron chi connectivity index (χ2n) is 8.67. The highest BCUT2D eigenvalue weighted by Crippen LogP contribution is 2.23. The first-order valence-electron chi connectivity index (χ1n) is 11.3. The van der Waals surface area contributed by atoms with Crippen LogP contribution < -0.4 is 14.5 Å². The third-order valence-corrected chi connectivity index (χ3v) is 6.49. The summed E-state index contributed by atoms with van der Waals surface area (Å²) in [6.45, 7) is 8.02. The maximum atomic E-state index is 12.4. The molecule has 0 fully saturated rings. The second kappa shape index (κ2) is 11.2. The summed E-state index contributed by atoms with van der Waals surface area (Å²) in [5.74, 6) is 0.412. The molecule has 3 aromatic rings. The largest absolute Gasteiger partial charge is 0.491 e. The van der Waals surface area contributed by atoms with Gasteiger partial charge in [0, 0.05) is 5.56 Å². The van der Waals surface area contributed by atoms with Gasteiger partial charge in [0.2, 0.25) is 10.0 Å². The van der Waals surface area contributed by atoms with E-state index in [1.807, 2.05) is 64.1 Å². The van der Waals surface area contributed by atoms with Crippen molar-refractivity contribution in [2.45, 2.75) is 40.3 Å². The van der Waals surface area contributed by atoms with Crippen LogP contribution in [0.15, 0.2) is 71.8 Å². The first-order valence-corrected chi connectivity index (χ1v) is 13.1. The second-order valence-corrected chi connectivity index (χ2v) is 10.6. The summed E-state index contributed by atoms with van der Waals surface area (Å²) >= 11 is 0. The molecule has 0 saturated heterocycles. The first kappa shape index (κ1) is 26.0. The van der Waals surface area contributed by atoms with Crippen molar-refractivity contribution in [1.82, 2.24) is 5.43 Å². The molecular weight excluding hydrogens is 462 g/mol. The van der Waals surface area contributed by atoms with Gasteiger partial charge in [-0.05, 0) is 98.5 Å². The highest BCUT2D eigenvalue weighted by Gasteiger charge is 2.18. The van der Waals surface area contributed by atoms with Crippen LogP contribution in [0.1, 0.15) is 46.5 Å². The van der Waals surface area contributed by atoms with Gasteiger partial charge < -0.3 is 4.74 Å². The number of sulfonamides is 1. The van der Waals surface area contributed by atoms with Crippen molar-refractivity contribution in [3.63, 3.8) is 0 Å². The van der Waals surface area contributed by atoms with Crippen LogP contribution in [0.3, 0.4) is 0 Å². The normalized spacial score (nSPS) is 11.6. The molecule has 8 heteroatoms. The van der Waals surface area contributed by atoms with E-state index >= 15 is 0 Å². The summed E-state index contributed by atoms with van der Waals surface area (Å²) < 4.78 is 31.9. The summed E-state index contributed by atoms with van der Waals surface area (Å²) in [5, 5.41) is 4.01. The van der Waals surface area contributed by atoms with Gasteiger partial charge in [0.05, 0.1) is 30.8 Å². The summed E-state index contributed by atoms with van der Waals surface area (Å²) in [5.41, 5.74) is 7.23. The Morgan fingerprint density at radius 2 is 1.66 bits per heavy atom. The predicted octanol–water partition coefficient (Wildman–Crippen LogP) is 4.82. The number of carbonyl (C=O) groups excluding carboxylic acids is 1. The van der Waals surface area contributed by atoms with E-state index in [2.05, 4.69) is 10.5 Å². The smallest absolute Gasteiger partial charge is 0.271 e. The number of amides is 1. The molecule has 1 amide bonds. The van der Waals surface area contributed by atoms with Gasteiger partial charge in [-0.25, -0.2) is 13.8 Å². The number of ether oxygens (including phenoxy) is 1. The topological polar surface area (TPSA) is 88.1 Å². The lowest BCUT2D eigenvalue weighted by Gasteiger charge is -2.23. The molecule has 0 radical (unpaired) electrons. The summed E-state index contributed by atoms with van der Waals surface area (Å²) in [7, 11) is -3.49. The lowest BCUT2D eigenvalue weighted by Crippen LogP contribution is -2.29. The van der Waals surface area contributed by atoms with Crippen LogP contribution in [-0.4, -0.2) is 32.9 Å². The van der Waals surface area contributed by atoms with Crippen LogP contribution in [0, 0.1) is 13.8 Å². The molecule has 0 unspecified atom stereocenters. The lowest BCUT2D eigenvalue weighted by atomic mass is 10.1. The van der Waals surface area contributed by atoms with E-state index in [9.17, 15) is 13.2 Å². The van der Waals surface area contributed by atoms with Gasteiger partial charge in [-0.2, -0.15) is 5.10 Å². The standard InChI is InChI=1S/C27H31N3O4S/c1-19(2)34-26-14-9-22(10-15-26)17-28-29-27(31)24-11-7-23(8-12-24)18-30(35(5,32)33)25-13-6-20(3)21(4)16-25/h6-17,19H,18H2,1-5H3,(H,29,31)/b28-17-. The fourth-order valence-corrected chi connectivity index (χ4v) is 4.22. The van der Waals surface area contributed by atoms with Crippen molar-refractivity contribution >= 4 is 27.8 Å². The van der Waals surface area contributed by atoms with Gasteiger partial charge in [0.1, 0.15) is 5.75 Å². The molecule has 0 bridgehead atoms. The predicted molar refractivity (Wildman–Crippen MR) is 141 cm³/mol. The highest BCUT2D eigenvalue weighted by atomic mass is 32.2.